The fourth-order valence-corrected chi connectivity index (χ4v) is 3.90. The van der Waals surface area contributed by atoms with Crippen LogP contribution in [-0.4, -0.2) is 163 Å². The van der Waals surface area contributed by atoms with Gasteiger partial charge in [0.2, 0.25) is 0 Å². The van der Waals surface area contributed by atoms with Crippen LogP contribution in [0.3, 0.4) is 0 Å². The van der Waals surface area contributed by atoms with E-state index in [2.05, 4.69) is 0 Å². The fraction of sp³-hybridized carbons (Fsp3) is 0.667. The maximum atomic E-state index is 11.0. The van der Waals surface area contributed by atoms with E-state index in [1.807, 2.05) is 0 Å². The summed E-state index contributed by atoms with van der Waals surface area (Å²) >= 11 is 0. The summed E-state index contributed by atoms with van der Waals surface area (Å²) in [5.41, 5.74) is 9.20. The van der Waals surface area contributed by atoms with Crippen molar-refractivity contribution in [3.05, 3.63) is 0 Å². The van der Waals surface area contributed by atoms with E-state index in [1.54, 1.807) is 0 Å². The van der Waals surface area contributed by atoms with Crippen molar-refractivity contribution >= 4 is 47.8 Å². The molecule has 0 aliphatic heterocycles. The highest BCUT2D eigenvalue weighted by atomic mass is 16.5. The van der Waals surface area contributed by atoms with Gasteiger partial charge in [-0.05, 0) is 6.92 Å². The van der Waals surface area contributed by atoms with Gasteiger partial charge in [-0.2, -0.15) is 0 Å². The quantitative estimate of drug-likeness (QED) is 0.0337. The number of nitrogens with zero attached hydrogens (tertiary/aromatic N) is 2. The van der Waals surface area contributed by atoms with E-state index in [1.165, 1.54) is 6.92 Å². The molecule has 0 aromatic heterocycles. The third-order valence-corrected chi connectivity index (χ3v) is 5.70. The molecule has 22 heteroatoms. The number of hydrogen-bond donors (Lipinski definition) is 10. The van der Waals surface area contributed by atoms with Gasteiger partial charge in [0.15, 0.2) is 5.85 Å². The summed E-state index contributed by atoms with van der Waals surface area (Å²) in [5.74, 6) is -13.0. The molecule has 0 aliphatic rings. The molecule has 0 spiro atoms. The number of nitrogens with two attached hydrogens (primary N) is 2. The molecule has 0 aromatic carbocycles. The molecule has 0 aliphatic carbocycles. The largest absolute Gasteiger partial charge is 0.481 e. The first-order chi connectivity index (χ1) is 21.0. The summed E-state index contributed by atoms with van der Waals surface area (Å²) in [7, 11) is 0. The van der Waals surface area contributed by atoms with Gasteiger partial charge < -0.3 is 50.3 Å². The number of carboxylic acids is 8. The number of hydrogen-bond acceptors (Lipinski definition) is 14. The Hall–Kier alpha value is -4.48. The minimum Gasteiger partial charge on any atom is -0.481 e. The first kappa shape index (κ1) is 43.6. The average Bonchev–Trinajstić information content (AvgIpc) is 2.80. The monoisotopic (exact) mass is 672 g/mol. The zero-order valence-electron chi connectivity index (χ0n) is 24.8. The van der Waals surface area contributed by atoms with Crippen molar-refractivity contribution in [2.24, 2.45) is 16.9 Å². The smallest absolute Gasteiger partial charge is 0.317 e. The van der Waals surface area contributed by atoms with E-state index in [4.69, 9.17) is 61.8 Å². The minimum atomic E-state index is -2.49. The summed E-state index contributed by atoms with van der Waals surface area (Å²) in [4.78, 5) is 88.4. The predicted molar refractivity (Wildman–Crippen MR) is 147 cm³/mol. The SMILES string of the molecule is CC(CC(=O)O)OC(N)(N)C(CC(=O)O)(CC(=O)O)CC(=O)O.O=C(O)CN(CCOCCN(CC(=O)O)CC(=O)O)CC(=O)O. The second kappa shape index (κ2) is 21.3. The van der Waals surface area contributed by atoms with Crippen molar-refractivity contribution in [2.75, 3.05) is 52.5 Å². The summed E-state index contributed by atoms with van der Waals surface area (Å²) in [6.45, 7) is -0.301. The lowest BCUT2D eigenvalue weighted by Gasteiger charge is -2.44. The second-order valence-electron chi connectivity index (χ2n) is 9.92. The lowest BCUT2D eigenvalue weighted by molar-refractivity contribution is -0.191. The third-order valence-electron chi connectivity index (χ3n) is 5.70. The Labute approximate surface area is 260 Å². The normalized spacial score (nSPS) is 12.1. The van der Waals surface area contributed by atoms with Crippen LogP contribution in [0.25, 0.3) is 0 Å². The Balaban J connectivity index is 0. The van der Waals surface area contributed by atoms with E-state index in [0.29, 0.717) is 0 Å². The lowest BCUT2D eigenvalue weighted by Crippen LogP contribution is -2.67. The highest BCUT2D eigenvalue weighted by Gasteiger charge is 2.53. The van der Waals surface area contributed by atoms with E-state index in [0.717, 1.165) is 9.80 Å². The van der Waals surface area contributed by atoms with Crippen LogP contribution < -0.4 is 11.5 Å². The van der Waals surface area contributed by atoms with Crippen LogP contribution in [0.15, 0.2) is 0 Å². The van der Waals surface area contributed by atoms with E-state index < -0.39 is 117 Å². The van der Waals surface area contributed by atoms with Crippen LogP contribution in [0.5, 0.6) is 0 Å². The maximum absolute atomic E-state index is 11.0. The van der Waals surface area contributed by atoms with Crippen LogP contribution in [0, 0.1) is 5.41 Å². The van der Waals surface area contributed by atoms with Crippen LogP contribution >= 0.6 is 0 Å². The van der Waals surface area contributed by atoms with Gasteiger partial charge in [0.1, 0.15) is 0 Å². The summed E-state index contributed by atoms with van der Waals surface area (Å²) in [5, 5.41) is 70.2. The Morgan fingerprint density at radius 1 is 0.565 bits per heavy atom. The molecule has 1 atom stereocenters. The molecule has 0 aromatic rings. The highest BCUT2D eigenvalue weighted by molar-refractivity contribution is 5.76. The molecule has 46 heavy (non-hydrogen) atoms. The van der Waals surface area contributed by atoms with Crippen molar-refractivity contribution in [3.63, 3.8) is 0 Å². The molecule has 0 bridgehead atoms. The molecule has 12 N–H and O–H groups in total. The number of rotatable bonds is 25. The topological polar surface area (TPSA) is 375 Å². The van der Waals surface area contributed by atoms with Crippen LogP contribution in [0.1, 0.15) is 32.6 Å². The molecular formula is C24H40N4O18. The minimum absolute atomic E-state index is 0.0363. The zero-order valence-corrected chi connectivity index (χ0v) is 24.8. The fourth-order valence-electron chi connectivity index (χ4n) is 3.90. The molecule has 0 radical (unpaired) electrons. The zero-order chi connectivity index (χ0) is 36.3. The van der Waals surface area contributed by atoms with Gasteiger partial charge in [-0.15, -0.1) is 0 Å². The standard InChI is InChI=1S/2C12H20N2O9/c1-6(2-7(15)16)23-12(13,14)11(3-8(17)18,4-9(19)20)5-10(21)22;15-9(16)5-13(6-10(17)18)1-3-23-4-2-14(7-11(19)20)8-12(21)22/h6H,2-5,13-14H2,1H3,(H,15,16)(H,17,18)(H,19,20)(H,21,22);1-8H2,(H,15,16)(H,17,18)(H,19,20)(H,21,22). The average molecular weight is 673 g/mol. The van der Waals surface area contributed by atoms with E-state index >= 15 is 0 Å². The van der Waals surface area contributed by atoms with Gasteiger partial charge in [0.05, 0.1) is 76.6 Å². The van der Waals surface area contributed by atoms with Crippen molar-refractivity contribution < 1.29 is 88.7 Å². The molecule has 0 heterocycles. The second-order valence-corrected chi connectivity index (χ2v) is 9.92. The first-order valence-electron chi connectivity index (χ1n) is 13.0. The Morgan fingerprint density at radius 3 is 1.11 bits per heavy atom. The molecule has 0 saturated heterocycles. The number of carbonyl (C=O) groups is 8. The lowest BCUT2D eigenvalue weighted by atomic mass is 9.73. The van der Waals surface area contributed by atoms with Crippen LogP contribution in [-0.2, 0) is 47.8 Å². The van der Waals surface area contributed by atoms with Crippen LogP contribution in [0.4, 0.5) is 0 Å². The van der Waals surface area contributed by atoms with Crippen molar-refractivity contribution in [2.45, 2.75) is 44.6 Å². The van der Waals surface area contributed by atoms with E-state index in [-0.39, 0.29) is 26.3 Å². The van der Waals surface area contributed by atoms with Gasteiger partial charge in [0, 0.05) is 13.1 Å². The molecule has 1 unspecified atom stereocenters. The molecular weight excluding hydrogens is 632 g/mol. The van der Waals surface area contributed by atoms with Crippen molar-refractivity contribution in [3.8, 4) is 0 Å². The highest BCUT2D eigenvalue weighted by Crippen LogP contribution is 2.40. The third kappa shape index (κ3) is 21.3. The Bertz CT molecular complexity index is 970. The summed E-state index contributed by atoms with van der Waals surface area (Å²) in [6, 6.07) is 0. The molecule has 264 valence electrons. The Kier molecular flexibility index (Phi) is 20.2. The van der Waals surface area contributed by atoms with Gasteiger partial charge in [-0.1, -0.05) is 0 Å². The molecule has 0 fully saturated rings. The molecule has 0 saturated carbocycles. The molecule has 0 amide bonds. The number of carboxylic acid groups (broad SMARTS) is 8. The van der Waals surface area contributed by atoms with Crippen LogP contribution in [0.2, 0.25) is 0 Å². The van der Waals surface area contributed by atoms with Gasteiger partial charge in [-0.25, -0.2) is 0 Å². The van der Waals surface area contributed by atoms with Crippen molar-refractivity contribution in [1.29, 1.82) is 0 Å². The van der Waals surface area contributed by atoms with Crippen molar-refractivity contribution in [1.82, 2.24) is 9.80 Å². The molecule has 22 nitrogen and oxygen atoms in total. The summed E-state index contributed by atoms with van der Waals surface area (Å²) < 4.78 is 10.3. The van der Waals surface area contributed by atoms with Gasteiger partial charge in [-0.3, -0.25) is 59.6 Å². The maximum Gasteiger partial charge on any atom is 0.317 e. The van der Waals surface area contributed by atoms with Gasteiger partial charge >= 0.3 is 47.8 Å². The Morgan fingerprint density at radius 2 is 0.870 bits per heavy atom. The summed E-state index contributed by atoms with van der Waals surface area (Å²) in [6.07, 6.45) is -4.60. The number of ether oxygens (including phenoxy) is 2. The van der Waals surface area contributed by atoms with Gasteiger partial charge in [0.25, 0.3) is 0 Å². The van der Waals surface area contributed by atoms with E-state index in [9.17, 15) is 38.4 Å². The first-order valence-corrected chi connectivity index (χ1v) is 13.0. The number of aliphatic carboxylic acids is 8. The molecule has 0 rings (SSSR count). The predicted octanol–water partition coefficient (Wildman–Crippen LogP) is -3.21.